The molecule has 106 valence electrons. The maximum absolute atomic E-state index is 12.8. The Morgan fingerprint density at radius 2 is 1.71 bits per heavy atom. The molecule has 1 aromatic heterocycles. The van der Waals surface area contributed by atoms with E-state index in [2.05, 4.69) is 26.1 Å². The Morgan fingerprint density at radius 3 is 2.43 bits per heavy atom. The minimum Gasteiger partial charge on any atom is -0.484 e. The van der Waals surface area contributed by atoms with E-state index in [0.717, 1.165) is 10.0 Å². The Hall–Kier alpha value is -2.21. The Balaban J connectivity index is 1.67. The molecule has 3 rings (SSSR count). The first kappa shape index (κ1) is 13.8. The molecule has 0 fully saturated rings. The van der Waals surface area contributed by atoms with Crippen molar-refractivity contribution in [1.29, 1.82) is 0 Å². The summed E-state index contributed by atoms with van der Waals surface area (Å²) in [5, 5.41) is 7.89. The second kappa shape index (κ2) is 6.05. The van der Waals surface area contributed by atoms with Gasteiger partial charge in [-0.05, 0) is 48.5 Å². The molecule has 21 heavy (non-hydrogen) atoms. The second-order valence-electron chi connectivity index (χ2n) is 4.25. The highest BCUT2D eigenvalue weighted by Gasteiger charge is 2.09. The van der Waals surface area contributed by atoms with Gasteiger partial charge in [0.15, 0.2) is 6.61 Å². The van der Waals surface area contributed by atoms with Gasteiger partial charge in [0.2, 0.25) is 5.89 Å². The quantitative estimate of drug-likeness (QED) is 0.708. The van der Waals surface area contributed by atoms with E-state index in [1.807, 2.05) is 24.3 Å². The van der Waals surface area contributed by atoms with E-state index in [0.29, 0.717) is 17.5 Å². The molecule has 0 aliphatic heterocycles. The fraction of sp³-hybridized carbons (Fsp3) is 0.0667. The first-order valence-corrected chi connectivity index (χ1v) is 6.97. The number of halogens is 2. The summed E-state index contributed by atoms with van der Waals surface area (Å²) >= 11 is 3.37. The van der Waals surface area contributed by atoms with E-state index in [-0.39, 0.29) is 12.4 Å². The van der Waals surface area contributed by atoms with Crippen molar-refractivity contribution in [2.24, 2.45) is 0 Å². The molecule has 2 aromatic carbocycles. The van der Waals surface area contributed by atoms with Crippen LogP contribution in [0.4, 0.5) is 4.39 Å². The molecule has 6 heteroatoms. The highest BCUT2D eigenvalue weighted by molar-refractivity contribution is 9.10. The van der Waals surface area contributed by atoms with Gasteiger partial charge in [0, 0.05) is 10.0 Å². The molecule has 0 unspecified atom stereocenters. The van der Waals surface area contributed by atoms with Crippen molar-refractivity contribution >= 4 is 15.9 Å². The predicted molar refractivity (Wildman–Crippen MR) is 78.2 cm³/mol. The van der Waals surface area contributed by atoms with E-state index < -0.39 is 0 Å². The molecule has 0 radical (unpaired) electrons. The minimum absolute atomic E-state index is 0.134. The molecular weight excluding hydrogens is 339 g/mol. The Morgan fingerprint density at radius 1 is 1.00 bits per heavy atom. The van der Waals surface area contributed by atoms with Crippen LogP contribution in [-0.4, -0.2) is 10.2 Å². The standard InChI is InChI=1S/C15H10BrFN2O2/c16-11-3-1-10(2-4-11)15-19-18-14(21-15)9-20-13-7-5-12(17)6-8-13/h1-8H,9H2. The fourth-order valence-corrected chi connectivity index (χ4v) is 1.96. The first-order chi connectivity index (χ1) is 10.2. The topological polar surface area (TPSA) is 48.2 Å². The second-order valence-corrected chi connectivity index (χ2v) is 5.17. The normalized spacial score (nSPS) is 10.6. The summed E-state index contributed by atoms with van der Waals surface area (Å²) in [7, 11) is 0. The van der Waals surface area contributed by atoms with Gasteiger partial charge in [-0.15, -0.1) is 10.2 Å². The lowest BCUT2D eigenvalue weighted by atomic mass is 10.2. The Kier molecular flexibility index (Phi) is 3.96. The molecule has 0 saturated carbocycles. The van der Waals surface area contributed by atoms with Gasteiger partial charge in [-0.25, -0.2) is 4.39 Å². The lowest BCUT2D eigenvalue weighted by molar-refractivity contribution is 0.264. The predicted octanol–water partition coefficient (Wildman–Crippen LogP) is 4.22. The van der Waals surface area contributed by atoms with Crippen molar-refractivity contribution in [1.82, 2.24) is 10.2 Å². The van der Waals surface area contributed by atoms with E-state index in [9.17, 15) is 4.39 Å². The number of hydrogen-bond acceptors (Lipinski definition) is 4. The molecular formula is C15H10BrFN2O2. The highest BCUT2D eigenvalue weighted by atomic mass is 79.9. The number of aromatic nitrogens is 2. The average Bonchev–Trinajstić information content (AvgIpc) is 2.96. The molecule has 3 aromatic rings. The van der Waals surface area contributed by atoms with Crippen LogP contribution in [0.1, 0.15) is 5.89 Å². The number of rotatable bonds is 4. The Bertz CT molecular complexity index is 726. The number of hydrogen-bond donors (Lipinski definition) is 0. The molecule has 0 aliphatic carbocycles. The SMILES string of the molecule is Fc1ccc(OCc2nnc(-c3ccc(Br)cc3)o2)cc1. The molecule has 4 nitrogen and oxygen atoms in total. The van der Waals surface area contributed by atoms with Crippen LogP contribution in [-0.2, 0) is 6.61 Å². The summed E-state index contributed by atoms with van der Waals surface area (Å²) in [6.45, 7) is 0.134. The molecule has 0 amide bonds. The van der Waals surface area contributed by atoms with Gasteiger partial charge >= 0.3 is 0 Å². The summed E-state index contributed by atoms with van der Waals surface area (Å²) in [5.74, 6) is 1.02. The number of benzene rings is 2. The molecule has 0 saturated heterocycles. The third-order valence-corrected chi connectivity index (χ3v) is 3.26. The van der Waals surface area contributed by atoms with Gasteiger partial charge in [0.1, 0.15) is 11.6 Å². The average molecular weight is 349 g/mol. The van der Waals surface area contributed by atoms with Gasteiger partial charge in [-0.3, -0.25) is 0 Å². The number of ether oxygens (including phenoxy) is 1. The summed E-state index contributed by atoms with van der Waals surface area (Å²) in [4.78, 5) is 0. The maximum atomic E-state index is 12.8. The van der Waals surface area contributed by atoms with Gasteiger partial charge in [0.05, 0.1) is 0 Å². The van der Waals surface area contributed by atoms with Crippen molar-refractivity contribution in [2.75, 3.05) is 0 Å². The van der Waals surface area contributed by atoms with E-state index in [1.54, 1.807) is 12.1 Å². The smallest absolute Gasteiger partial charge is 0.254 e. The van der Waals surface area contributed by atoms with Gasteiger partial charge in [-0.1, -0.05) is 15.9 Å². The van der Waals surface area contributed by atoms with Crippen LogP contribution < -0.4 is 4.74 Å². The zero-order valence-corrected chi connectivity index (χ0v) is 12.4. The van der Waals surface area contributed by atoms with Crippen LogP contribution in [0.15, 0.2) is 57.4 Å². The van der Waals surface area contributed by atoms with Gasteiger partial charge in [-0.2, -0.15) is 0 Å². The van der Waals surface area contributed by atoms with Crippen LogP contribution in [0.5, 0.6) is 5.75 Å². The van der Waals surface area contributed by atoms with Crippen molar-refractivity contribution < 1.29 is 13.5 Å². The van der Waals surface area contributed by atoms with Crippen LogP contribution in [0, 0.1) is 5.82 Å². The van der Waals surface area contributed by atoms with E-state index >= 15 is 0 Å². The molecule has 0 aliphatic rings. The van der Waals surface area contributed by atoms with E-state index in [4.69, 9.17) is 9.15 Å². The van der Waals surface area contributed by atoms with Crippen molar-refractivity contribution in [3.63, 3.8) is 0 Å². The summed E-state index contributed by atoms with van der Waals surface area (Å²) in [5.41, 5.74) is 0.832. The summed E-state index contributed by atoms with van der Waals surface area (Å²) in [6.07, 6.45) is 0. The van der Waals surface area contributed by atoms with Crippen LogP contribution in [0.3, 0.4) is 0 Å². The van der Waals surface area contributed by atoms with Crippen molar-refractivity contribution in [2.45, 2.75) is 6.61 Å². The maximum Gasteiger partial charge on any atom is 0.254 e. The molecule has 0 N–H and O–H groups in total. The van der Waals surface area contributed by atoms with Crippen LogP contribution in [0.2, 0.25) is 0 Å². The third kappa shape index (κ3) is 3.46. The lowest BCUT2D eigenvalue weighted by Crippen LogP contribution is -1.95. The van der Waals surface area contributed by atoms with Gasteiger partial charge < -0.3 is 9.15 Å². The van der Waals surface area contributed by atoms with E-state index in [1.165, 1.54) is 12.1 Å². The first-order valence-electron chi connectivity index (χ1n) is 6.17. The molecule has 0 bridgehead atoms. The summed E-state index contributed by atoms with van der Waals surface area (Å²) < 4.78 is 24.7. The monoisotopic (exact) mass is 348 g/mol. The van der Waals surface area contributed by atoms with Crippen molar-refractivity contribution in [3.8, 4) is 17.2 Å². The highest BCUT2D eigenvalue weighted by Crippen LogP contribution is 2.21. The molecule has 1 heterocycles. The Labute approximate surface area is 128 Å². The largest absolute Gasteiger partial charge is 0.484 e. The van der Waals surface area contributed by atoms with Crippen LogP contribution >= 0.6 is 15.9 Å². The lowest BCUT2D eigenvalue weighted by Gasteiger charge is -2.02. The molecule has 0 spiro atoms. The number of nitrogens with zero attached hydrogens (tertiary/aromatic N) is 2. The summed E-state index contributed by atoms with van der Waals surface area (Å²) in [6, 6.07) is 13.3. The fourth-order valence-electron chi connectivity index (χ4n) is 1.70. The van der Waals surface area contributed by atoms with Gasteiger partial charge in [0.25, 0.3) is 5.89 Å². The molecule has 0 atom stereocenters. The third-order valence-electron chi connectivity index (χ3n) is 2.73. The minimum atomic E-state index is -0.308. The zero-order valence-electron chi connectivity index (χ0n) is 10.8. The zero-order chi connectivity index (χ0) is 14.7. The van der Waals surface area contributed by atoms with Crippen LogP contribution in [0.25, 0.3) is 11.5 Å². The van der Waals surface area contributed by atoms with Crippen molar-refractivity contribution in [3.05, 3.63) is 64.7 Å².